The fourth-order valence-electron chi connectivity index (χ4n) is 5.53. The quantitative estimate of drug-likeness (QED) is 0.543. The maximum Gasteiger partial charge on any atom is 0.317 e. The number of nitrogens with zero attached hydrogens (tertiary/aromatic N) is 2. The van der Waals surface area contributed by atoms with Crippen LogP contribution < -0.4 is 10.2 Å². The second kappa shape index (κ2) is 11.4. The minimum Gasteiger partial charge on any atom is -0.338 e. The van der Waals surface area contributed by atoms with E-state index in [1.54, 1.807) is 0 Å². The molecular formula is C30H35N4O2+. The molecule has 2 aliphatic rings. The Morgan fingerprint density at radius 2 is 1.42 bits per heavy atom. The van der Waals surface area contributed by atoms with E-state index in [-0.39, 0.29) is 23.9 Å². The highest BCUT2D eigenvalue weighted by atomic mass is 16.2. The third kappa shape index (κ3) is 5.77. The Balaban J connectivity index is 1.12. The summed E-state index contributed by atoms with van der Waals surface area (Å²) in [4.78, 5) is 30.7. The first-order valence-electron chi connectivity index (χ1n) is 13.0. The van der Waals surface area contributed by atoms with Crippen molar-refractivity contribution in [2.75, 3.05) is 39.3 Å². The fraction of sp³-hybridized carbons (Fsp3) is 0.333. The molecule has 2 fully saturated rings. The normalized spacial score (nSPS) is 18.6. The van der Waals surface area contributed by atoms with Gasteiger partial charge in [0.05, 0.1) is 26.2 Å². The molecule has 5 rings (SSSR count). The van der Waals surface area contributed by atoms with Gasteiger partial charge in [-0.15, -0.1) is 0 Å². The molecule has 2 heterocycles. The van der Waals surface area contributed by atoms with Crippen LogP contribution in [0.5, 0.6) is 0 Å². The summed E-state index contributed by atoms with van der Waals surface area (Å²) in [6, 6.07) is 31.6. The topological polar surface area (TPSA) is 57.1 Å². The molecule has 6 heteroatoms. The number of carbonyl (C=O) groups is 2. The summed E-state index contributed by atoms with van der Waals surface area (Å²) in [5.41, 5.74) is 3.75. The Bertz CT molecular complexity index is 1090. The lowest BCUT2D eigenvalue weighted by atomic mass is 9.96. The van der Waals surface area contributed by atoms with E-state index < -0.39 is 0 Å². The average Bonchev–Trinajstić information content (AvgIpc) is 3.28. The van der Waals surface area contributed by atoms with Gasteiger partial charge in [-0.1, -0.05) is 91.0 Å². The number of nitrogens with one attached hydrogen (secondary N) is 2. The highest BCUT2D eigenvalue weighted by molar-refractivity contribution is 5.79. The first-order chi connectivity index (χ1) is 17.7. The lowest BCUT2D eigenvalue weighted by Crippen LogP contribution is -3.15. The minimum absolute atomic E-state index is 0.0148. The van der Waals surface area contributed by atoms with E-state index in [2.05, 4.69) is 66.0 Å². The van der Waals surface area contributed by atoms with Crippen molar-refractivity contribution in [3.63, 3.8) is 0 Å². The van der Waals surface area contributed by atoms with Gasteiger partial charge in [-0.05, 0) is 5.56 Å². The summed E-state index contributed by atoms with van der Waals surface area (Å²) in [6.45, 7) is 5.12. The van der Waals surface area contributed by atoms with Crippen LogP contribution in [0.2, 0.25) is 0 Å². The van der Waals surface area contributed by atoms with Gasteiger partial charge in [0.15, 0.2) is 0 Å². The molecule has 0 saturated carbocycles. The molecule has 36 heavy (non-hydrogen) atoms. The average molecular weight is 484 g/mol. The van der Waals surface area contributed by atoms with E-state index in [0.29, 0.717) is 26.1 Å². The van der Waals surface area contributed by atoms with E-state index >= 15 is 0 Å². The molecule has 3 amide bonds. The lowest BCUT2D eigenvalue weighted by molar-refractivity contribution is -0.929. The molecule has 3 aromatic carbocycles. The van der Waals surface area contributed by atoms with Gasteiger partial charge in [0.2, 0.25) is 5.91 Å². The van der Waals surface area contributed by atoms with E-state index in [1.165, 1.54) is 16.0 Å². The Morgan fingerprint density at radius 3 is 2.00 bits per heavy atom. The fourth-order valence-corrected chi connectivity index (χ4v) is 5.53. The molecule has 0 aliphatic carbocycles. The van der Waals surface area contributed by atoms with Crippen molar-refractivity contribution in [3.8, 4) is 0 Å². The standard InChI is InChI=1S/C30H34N4O2/c35-28-20-25(23-34(28)22-24-10-4-1-5-11-24)21-31-30(36)33-18-16-32(17-19-33)29(26-12-6-2-7-13-26)27-14-8-3-9-15-27/h1-15,25,29H,16-23H2,(H,31,36)/p+1/t25-/m1/s1. The van der Waals surface area contributed by atoms with Crippen molar-refractivity contribution >= 4 is 11.9 Å². The Hall–Kier alpha value is -3.64. The third-order valence-electron chi connectivity index (χ3n) is 7.42. The Morgan fingerprint density at radius 1 is 0.861 bits per heavy atom. The second-order valence-electron chi connectivity index (χ2n) is 9.92. The number of hydrogen-bond acceptors (Lipinski definition) is 2. The first-order valence-corrected chi connectivity index (χ1v) is 13.0. The van der Waals surface area contributed by atoms with Gasteiger partial charge in [0, 0.05) is 43.1 Å². The van der Waals surface area contributed by atoms with E-state index in [9.17, 15) is 9.59 Å². The van der Waals surface area contributed by atoms with Gasteiger partial charge < -0.3 is 20.0 Å². The van der Waals surface area contributed by atoms with Crippen molar-refractivity contribution in [3.05, 3.63) is 108 Å². The number of urea groups is 1. The van der Waals surface area contributed by atoms with Crippen molar-refractivity contribution in [2.24, 2.45) is 5.92 Å². The summed E-state index contributed by atoms with van der Waals surface area (Å²) in [7, 11) is 0. The van der Waals surface area contributed by atoms with Crippen LogP contribution in [0.3, 0.4) is 0 Å². The molecule has 0 spiro atoms. The molecule has 1 atom stereocenters. The largest absolute Gasteiger partial charge is 0.338 e. The molecule has 2 saturated heterocycles. The summed E-state index contributed by atoms with van der Waals surface area (Å²) in [6.07, 6.45) is 0.501. The van der Waals surface area contributed by atoms with E-state index in [4.69, 9.17) is 0 Å². The van der Waals surface area contributed by atoms with Crippen LogP contribution in [0.4, 0.5) is 4.79 Å². The summed E-state index contributed by atoms with van der Waals surface area (Å²) in [5.74, 6) is 0.334. The number of amides is 3. The van der Waals surface area contributed by atoms with Crippen molar-refractivity contribution in [2.45, 2.75) is 19.0 Å². The van der Waals surface area contributed by atoms with Crippen LogP contribution in [-0.4, -0.2) is 61.0 Å². The monoisotopic (exact) mass is 483 g/mol. The molecule has 3 aromatic rings. The molecule has 6 nitrogen and oxygen atoms in total. The Labute approximate surface area is 213 Å². The van der Waals surface area contributed by atoms with Gasteiger partial charge in [0.25, 0.3) is 0 Å². The van der Waals surface area contributed by atoms with Gasteiger partial charge in [0.1, 0.15) is 6.04 Å². The van der Waals surface area contributed by atoms with Gasteiger partial charge in [-0.3, -0.25) is 4.79 Å². The van der Waals surface area contributed by atoms with Crippen molar-refractivity contribution < 1.29 is 14.5 Å². The molecule has 0 radical (unpaired) electrons. The number of likely N-dealkylation sites (tertiary alicyclic amines) is 1. The number of quaternary nitrogens is 1. The number of carbonyl (C=O) groups excluding carboxylic acids is 2. The van der Waals surface area contributed by atoms with Crippen LogP contribution in [-0.2, 0) is 11.3 Å². The van der Waals surface area contributed by atoms with Crippen LogP contribution in [0.25, 0.3) is 0 Å². The first kappa shape index (κ1) is 24.1. The highest BCUT2D eigenvalue weighted by Crippen LogP contribution is 2.21. The van der Waals surface area contributed by atoms with Gasteiger partial charge >= 0.3 is 6.03 Å². The smallest absolute Gasteiger partial charge is 0.317 e. The highest BCUT2D eigenvalue weighted by Gasteiger charge is 2.33. The van der Waals surface area contributed by atoms with Crippen molar-refractivity contribution in [1.82, 2.24) is 15.1 Å². The molecule has 0 aromatic heterocycles. The summed E-state index contributed by atoms with van der Waals surface area (Å²) in [5, 5.41) is 3.11. The molecule has 0 bridgehead atoms. The van der Waals surface area contributed by atoms with Crippen LogP contribution in [0.1, 0.15) is 29.2 Å². The number of hydrogen-bond donors (Lipinski definition) is 2. The third-order valence-corrected chi connectivity index (χ3v) is 7.42. The minimum atomic E-state index is -0.0148. The molecule has 0 unspecified atom stereocenters. The second-order valence-corrected chi connectivity index (χ2v) is 9.92. The summed E-state index contributed by atoms with van der Waals surface area (Å²) >= 11 is 0. The predicted molar refractivity (Wildman–Crippen MR) is 140 cm³/mol. The van der Waals surface area contributed by atoms with E-state index in [1.807, 2.05) is 40.1 Å². The predicted octanol–water partition coefficient (Wildman–Crippen LogP) is 2.73. The number of piperazine rings is 1. The SMILES string of the molecule is O=C1C[C@H](CNC(=O)N2CC[NH+](C(c3ccccc3)c3ccccc3)CC2)CN1Cc1ccccc1. The van der Waals surface area contributed by atoms with Crippen LogP contribution >= 0.6 is 0 Å². The molecule has 2 N–H and O–H groups in total. The van der Waals surface area contributed by atoms with Crippen LogP contribution in [0.15, 0.2) is 91.0 Å². The zero-order valence-electron chi connectivity index (χ0n) is 20.7. The lowest BCUT2D eigenvalue weighted by Gasteiger charge is -2.37. The Kier molecular flexibility index (Phi) is 7.62. The number of rotatable bonds is 7. The molecule has 186 valence electrons. The van der Waals surface area contributed by atoms with E-state index in [0.717, 1.165) is 31.7 Å². The maximum absolute atomic E-state index is 12.9. The molecular weight excluding hydrogens is 448 g/mol. The van der Waals surface area contributed by atoms with Crippen LogP contribution in [0, 0.1) is 5.92 Å². The number of benzene rings is 3. The summed E-state index contributed by atoms with van der Waals surface area (Å²) < 4.78 is 0. The van der Waals surface area contributed by atoms with Crippen molar-refractivity contribution in [1.29, 1.82) is 0 Å². The zero-order chi connectivity index (χ0) is 24.7. The van der Waals surface area contributed by atoms with Gasteiger partial charge in [-0.25, -0.2) is 4.79 Å². The zero-order valence-corrected chi connectivity index (χ0v) is 20.7. The molecule has 2 aliphatic heterocycles. The maximum atomic E-state index is 12.9. The van der Waals surface area contributed by atoms with Gasteiger partial charge in [-0.2, -0.15) is 0 Å².